The largest absolute Gasteiger partial charge is 0.385 e. The van der Waals surface area contributed by atoms with E-state index in [4.69, 9.17) is 4.74 Å². The van der Waals surface area contributed by atoms with Crippen LogP contribution in [-0.4, -0.2) is 50.1 Å². The normalized spacial score (nSPS) is 19.6. The molecule has 0 spiro atoms. The lowest BCUT2D eigenvalue weighted by molar-refractivity contribution is -0.0261. The third-order valence-electron chi connectivity index (χ3n) is 4.72. The summed E-state index contributed by atoms with van der Waals surface area (Å²) in [6.45, 7) is 3.79. The van der Waals surface area contributed by atoms with Gasteiger partial charge < -0.3 is 20.5 Å². The number of ether oxygens (including phenoxy) is 1. The average Bonchev–Trinajstić information content (AvgIpc) is 2.88. The van der Waals surface area contributed by atoms with Gasteiger partial charge in [-0.2, -0.15) is 0 Å². The zero-order valence-electron chi connectivity index (χ0n) is 15.5. The van der Waals surface area contributed by atoms with Crippen LogP contribution in [0.2, 0.25) is 0 Å². The van der Waals surface area contributed by atoms with Gasteiger partial charge in [-0.1, -0.05) is 60.7 Å². The first kappa shape index (κ1) is 23.9. The Kier molecular flexibility index (Phi) is 10.9. The highest BCUT2D eigenvalue weighted by Gasteiger charge is 2.28. The van der Waals surface area contributed by atoms with E-state index in [1.165, 1.54) is 11.1 Å². The van der Waals surface area contributed by atoms with Crippen molar-refractivity contribution in [1.82, 2.24) is 10.6 Å². The highest BCUT2D eigenvalue weighted by Crippen LogP contribution is 2.27. The first-order valence-electron chi connectivity index (χ1n) is 9.08. The molecule has 150 valence electrons. The number of rotatable bonds is 7. The molecule has 0 saturated carbocycles. The van der Waals surface area contributed by atoms with Crippen molar-refractivity contribution in [2.45, 2.75) is 17.9 Å². The maximum Gasteiger partial charge on any atom is 0.113 e. The Hall–Kier alpha value is -1.14. The Morgan fingerprint density at radius 1 is 1.00 bits per heavy atom. The van der Waals surface area contributed by atoms with Crippen LogP contribution in [0.4, 0.5) is 0 Å². The minimum Gasteiger partial charge on any atom is -0.385 e. The number of hydrogen-bond donors (Lipinski definition) is 3. The van der Waals surface area contributed by atoms with Crippen molar-refractivity contribution < 1.29 is 9.84 Å². The van der Waals surface area contributed by atoms with Gasteiger partial charge in [0.2, 0.25) is 0 Å². The van der Waals surface area contributed by atoms with E-state index in [9.17, 15) is 5.11 Å². The summed E-state index contributed by atoms with van der Waals surface area (Å²) in [5.41, 5.74) is 1.83. The van der Waals surface area contributed by atoms with Gasteiger partial charge in [0.05, 0.1) is 13.2 Å². The van der Waals surface area contributed by atoms with Crippen LogP contribution in [0.15, 0.2) is 60.7 Å². The molecule has 3 rings (SSSR count). The average molecular weight is 413 g/mol. The molecule has 1 aliphatic rings. The maximum absolute atomic E-state index is 10.6. The molecule has 1 unspecified atom stereocenters. The topological polar surface area (TPSA) is 53.5 Å². The van der Waals surface area contributed by atoms with Gasteiger partial charge in [-0.25, -0.2) is 0 Å². The van der Waals surface area contributed by atoms with E-state index < -0.39 is 5.60 Å². The van der Waals surface area contributed by atoms with E-state index in [0.717, 1.165) is 19.5 Å². The van der Waals surface area contributed by atoms with Crippen molar-refractivity contribution >= 4 is 24.8 Å². The second kappa shape index (κ2) is 12.3. The molecule has 3 N–H and O–H groups in total. The van der Waals surface area contributed by atoms with Crippen LogP contribution >= 0.6 is 24.8 Å². The molecule has 2 aromatic rings. The molecule has 0 bridgehead atoms. The third kappa shape index (κ3) is 7.41. The van der Waals surface area contributed by atoms with Crippen molar-refractivity contribution in [3.63, 3.8) is 0 Å². The SMILES string of the molecule is Cl.Cl.OC1(CNCCC(c2ccccc2)c2ccccc2)CNCCOC1. The molecule has 27 heavy (non-hydrogen) atoms. The van der Waals surface area contributed by atoms with Crippen LogP contribution in [0.3, 0.4) is 0 Å². The van der Waals surface area contributed by atoms with Gasteiger partial charge in [0.15, 0.2) is 0 Å². The fourth-order valence-corrected chi connectivity index (χ4v) is 3.36. The third-order valence-corrected chi connectivity index (χ3v) is 4.72. The van der Waals surface area contributed by atoms with Crippen molar-refractivity contribution in [3.8, 4) is 0 Å². The molecule has 4 nitrogen and oxygen atoms in total. The molecule has 0 radical (unpaired) electrons. The Morgan fingerprint density at radius 2 is 1.59 bits per heavy atom. The molecule has 1 fully saturated rings. The lowest BCUT2D eigenvalue weighted by Gasteiger charge is -2.27. The van der Waals surface area contributed by atoms with Gasteiger partial charge in [-0.05, 0) is 24.1 Å². The number of nitrogens with one attached hydrogen (secondary N) is 2. The van der Waals surface area contributed by atoms with Crippen LogP contribution in [-0.2, 0) is 4.74 Å². The Balaban J connectivity index is 0.00000182. The van der Waals surface area contributed by atoms with E-state index in [0.29, 0.717) is 32.2 Å². The first-order chi connectivity index (χ1) is 12.3. The van der Waals surface area contributed by atoms with Crippen molar-refractivity contribution in [2.75, 3.05) is 39.4 Å². The lowest BCUT2D eigenvalue weighted by atomic mass is 9.88. The molecule has 6 heteroatoms. The summed E-state index contributed by atoms with van der Waals surface area (Å²) >= 11 is 0. The summed E-state index contributed by atoms with van der Waals surface area (Å²) in [5, 5.41) is 17.2. The van der Waals surface area contributed by atoms with Crippen molar-refractivity contribution in [1.29, 1.82) is 0 Å². The predicted octanol–water partition coefficient (Wildman–Crippen LogP) is 2.99. The molecule has 0 aromatic heterocycles. The van der Waals surface area contributed by atoms with Crippen LogP contribution in [0, 0.1) is 0 Å². The number of benzene rings is 2. The molecular weight excluding hydrogens is 383 g/mol. The van der Waals surface area contributed by atoms with E-state index in [1.54, 1.807) is 0 Å². The summed E-state index contributed by atoms with van der Waals surface area (Å²) in [7, 11) is 0. The zero-order chi connectivity index (χ0) is 17.4. The molecule has 2 aromatic carbocycles. The van der Waals surface area contributed by atoms with Gasteiger partial charge in [-0.15, -0.1) is 24.8 Å². The highest BCUT2D eigenvalue weighted by molar-refractivity contribution is 5.85. The van der Waals surface area contributed by atoms with Gasteiger partial charge in [0, 0.05) is 25.6 Å². The van der Waals surface area contributed by atoms with Crippen molar-refractivity contribution in [2.24, 2.45) is 0 Å². The molecule has 0 aliphatic carbocycles. The van der Waals surface area contributed by atoms with Crippen LogP contribution in [0.5, 0.6) is 0 Å². The number of aliphatic hydroxyl groups is 1. The monoisotopic (exact) mass is 412 g/mol. The zero-order valence-corrected chi connectivity index (χ0v) is 17.1. The molecular formula is C21H30Cl2N2O2. The Labute approximate surface area is 174 Å². The standard InChI is InChI=1S/C21H28N2O2.2ClH/c24-21(16-23-13-14-25-17-21)15-22-12-11-20(18-7-3-1-4-8-18)19-9-5-2-6-10-19;;/h1-10,20,22-24H,11-17H2;2*1H. The van der Waals surface area contributed by atoms with E-state index >= 15 is 0 Å². The number of hydrogen-bond acceptors (Lipinski definition) is 4. The van der Waals surface area contributed by atoms with E-state index in [2.05, 4.69) is 71.3 Å². The molecule has 1 atom stereocenters. The number of halogens is 2. The highest BCUT2D eigenvalue weighted by atomic mass is 35.5. The van der Waals surface area contributed by atoms with Crippen molar-refractivity contribution in [3.05, 3.63) is 71.8 Å². The summed E-state index contributed by atoms with van der Waals surface area (Å²) < 4.78 is 5.47. The van der Waals surface area contributed by atoms with E-state index in [1.807, 2.05) is 0 Å². The minimum absolute atomic E-state index is 0. The fraction of sp³-hybridized carbons (Fsp3) is 0.429. The minimum atomic E-state index is -0.828. The summed E-state index contributed by atoms with van der Waals surface area (Å²) in [6.07, 6.45) is 0.985. The number of β-amino-alcohol motifs (C(OH)–C–C–N with tert-alkyl or cyclic N) is 1. The Morgan fingerprint density at radius 3 is 2.19 bits per heavy atom. The fourth-order valence-electron chi connectivity index (χ4n) is 3.36. The first-order valence-corrected chi connectivity index (χ1v) is 9.08. The summed E-state index contributed by atoms with van der Waals surface area (Å²) in [6, 6.07) is 21.2. The summed E-state index contributed by atoms with van der Waals surface area (Å²) in [4.78, 5) is 0. The van der Waals surface area contributed by atoms with Gasteiger partial charge in [0.25, 0.3) is 0 Å². The molecule has 1 saturated heterocycles. The Bertz CT molecular complexity index is 581. The van der Waals surface area contributed by atoms with Gasteiger partial charge >= 0.3 is 0 Å². The molecule has 1 heterocycles. The second-order valence-electron chi connectivity index (χ2n) is 6.79. The van der Waals surface area contributed by atoms with Gasteiger partial charge in [-0.3, -0.25) is 0 Å². The van der Waals surface area contributed by atoms with Crippen LogP contribution in [0.25, 0.3) is 0 Å². The van der Waals surface area contributed by atoms with Crippen LogP contribution in [0.1, 0.15) is 23.5 Å². The van der Waals surface area contributed by atoms with Crippen LogP contribution < -0.4 is 10.6 Å². The quantitative estimate of drug-likeness (QED) is 0.611. The summed E-state index contributed by atoms with van der Waals surface area (Å²) in [5.74, 6) is 0.355. The molecule has 1 aliphatic heterocycles. The van der Waals surface area contributed by atoms with Gasteiger partial charge in [0.1, 0.15) is 5.60 Å². The lowest BCUT2D eigenvalue weighted by Crippen LogP contribution is -2.50. The molecule has 0 amide bonds. The predicted molar refractivity (Wildman–Crippen MR) is 115 cm³/mol. The maximum atomic E-state index is 10.6. The second-order valence-corrected chi connectivity index (χ2v) is 6.79. The van der Waals surface area contributed by atoms with E-state index in [-0.39, 0.29) is 24.8 Å². The smallest absolute Gasteiger partial charge is 0.113 e.